The maximum atomic E-state index is 12.4. The van der Waals surface area contributed by atoms with Gasteiger partial charge in [0.25, 0.3) is 5.91 Å². The first kappa shape index (κ1) is 17.7. The van der Waals surface area contributed by atoms with Gasteiger partial charge < -0.3 is 9.80 Å². The minimum absolute atomic E-state index is 0.0911. The monoisotopic (exact) mass is 363 g/mol. The molecule has 140 valence electrons. The van der Waals surface area contributed by atoms with Crippen molar-refractivity contribution in [1.29, 1.82) is 0 Å². The van der Waals surface area contributed by atoms with Crippen molar-refractivity contribution < 1.29 is 9.59 Å². The molecule has 0 aromatic heterocycles. The molecule has 1 amide bonds. The van der Waals surface area contributed by atoms with Crippen molar-refractivity contribution in [2.24, 2.45) is 0 Å². The molecule has 2 aromatic rings. The van der Waals surface area contributed by atoms with Crippen molar-refractivity contribution in [3.8, 4) is 0 Å². The number of likely N-dealkylation sites (tertiary alicyclic amines) is 1. The number of carbonyl (C=O) groups excluding carboxylic acids is 2. The highest BCUT2D eigenvalue weighted by molar-refractivity contribution is 6.38. The summed E-state index contributed by atoms with van der Waals surface area (Å²) in [5, 5.41) is 0. The molecule has 27 heavy (non-hydrogen) atoms. The Labute approximate surface area is 160 Å². The lowest BCUT2D eigenvalue weighted by molar-refractivity contribution is -0.141. The van der Waals surface area contributed by atoms with Gasteiger partial charge >= 0.3 is 0 Å². The average Bonchev–Trinajstić information content (AvgIpc) is 3.02. The van der Waals surface area contributed by atoms with Gasteiger partial charge in [-0.15, -0.1) is 0 Å². The van der Waals surface area contributed by atoms with Crippen LogP contribution in [0.2, 0.25) is 0 Å². The van der Waals surface area contributed by atoms with Crippen molar-refractivity contribution >= 4 is 17.4 Å². The van der Waals surface area contributed by atoms with Crippen molar-refractivity contribution in [2.75, 3.05) is 37.6 Å². The van der Waals surface area contributed by atoms with Gasteiger partial charge in [0.1, 0.15) is 0 Å². The molecule has 0 radical (unpaired) electrons. The molecule has 2 saturated heterocycles. The van der Waals surface area contributed by atoms with Crippen LogP contribution in [0, 0.1) is 0 Å². The zero-order valence-electron chi connectivity index (χ0n) is 15.5. The van der Waals surface area contributed by atoms with Crippen molar-refractivity contribution in [2.45, 2.75) is 19.0 Å². The van der Waals surface area contributed by atoms with E-state index in [-0.39, 0.29) is 17.9 Å². The third-order valence-electron chi connectivity index (χ3n) is 5.57. The van der Waals surface area contributed by atoms with Crippen LogP contribution >= 0.6 is 0 Å². The number of hydrogen-bond acceptors (Lipinski definition) is 4. The van der Waals surface area contributed by atoms with E-state index in [9.17, 15) is 9.59 Å². The van der Waals surface area contributed by atoms with Gasteiger partial charge in [0.2, 0.25) is 5.78 Å². The van der Waals surface area contributed by atoms with E-state index in [1.807, 2.05) is 24.3 Å². The van der Waals surface area contributed by atoms with E-state index in [0.717, 1.165) is 32.6 Å². The number of carbonyl (C=O) groups is 2. The molecule has 2 heterocycles. The van der Waals surface area contributed by atoms with E-state index >= 15 is 0 Å². The molecule has 5 nitrogen and oxygen atoms in total. The number of rotatable bonds is 5. The second-order valence-electron chi connectivity index (χ2n) is 7.20. The number of nitrogens with zero attached hydrogens (tertiary/aromatic N) is 3. The number of benzene rings is 2. The summed E-state index contributed by atoms with van der Waals surface area (Å²) in [5.41, 5.74) is 2.42. The van der Waals surface area contributed by atoms with E-state index in [2.05, 4.69) is 46.2 Å². The maximum Gasteiger partial charge on any atom is 0.291 e. The molecular weight excluding hydrogens is 338 g/mol. The predicted molar refractivity (Wildman–Crippen MR) is 105 cm³/mol. The molecule has 5 heteroatoms. The molecule has 2 fully saturated rings. The van der Waals surface area contributed by atoms with E-state index < -0.39 is 0 Å². The second-order valence-corrected chi connectivity index (χ2v) is 7.20. The summed E-state index contributed by atoms with van der Waals surface area (Å²) >= 11 is 0. The van der Waals surface area contributed by atoms with Crippen molar-refractivity contribution in [1.82, 2.24) is 9.80 Å². The number of piperazine rings is 1. The van der Waals surface area contributed by atoms with Crippen LogP contribution in [0.5, 0.6) is 0 Å². The Balaban J connectivity index is 1.39. The predicted octanol–water partition coefficient (Wildman–Crippen LogP) is 2.18. The van der Waals surface area contributed by atoms with Gasteiger partial charge in [-0.3, -0.25) is 14.5 Å². The lowest BCUT2D eigenvalue weighted by Crippen LogP contribution is -2.55. The Bertz CT molecular complexity index is 786. The molecule has 2 aromatic carbocycles. The molecule has 0 bridgehead atoms. The Morgan fingerprint density at radius 1 is 0.815 bits per heavy atom. The third-order valence-corrected chi connectivity index (χ3v) is 5.57. The van der Waals surface area contributed by atoms with Crippen LogP contribution < -0.4 is 4.90 Å². The highest BCUT2D eigenvalue weighted by Crippen LogP contribution is 2.23. The fourth-order valence-corrected chi connectivity index (χ4v) is 4.05. The van der Waals surface area contributed by atoms with Crippen LogP contribution in [0.25, 0.3) is 0 Å². The molecule has 0 aliphatic carbocycles. The van der Waals surface area contributed by atoms with Gasteiger partial charge in [0, 0.05) is 38.4 Å². The van der Waals surface area contributed by atoms with E-state index in [4.69, 9.17) is 0 Å². The molecule has 0 N–H and O–H groups in total. The average molecular weight is 363 g/mol. The summed E-state index contributed by atoms with van der Waals surface area (Å²) in [7, 11) is 0. The standard InChI is InChI=1S/C22H25N3O2/c26-20-17-21(25(22(20)27)12-11-18-7-3-1-4-8-18)24-15-13-23(14-16-24)19-9-5-2-6-10-19/h1-10,21H,11-17H2/t21-/m0/s1. The third kappa shape index (κ3) is 3.88. The molecule has 4 rings (SSSR count). The zero-order valence-corrected chi connectivity index (χ0v) is 15.5. The van der Waals surface area contributed by atoms with Crippen LogP contribution in [-0.4, -0.2) is 60.4 Å². The highest BCUT2D eigenvalue weighted by atomic mass is 16.2. The van der Waals surface area contributed by atoms with Gasteiger partial charge in [-0.1, -0.05) is 48.5 Å². The van der Waals surface area contributed by atoms with Gasteiger partial charge in [0.05, 0.1) is 12.6 Å². The van der Waals surface area contributed by atoms with Gasteiger partial charge in [-0.05, 0) is 24.1 Å². The van der Waals surface area contributed by atoms with Crippen LogP contribution in [0.15, 0.2) is 60.7 Å². The summed E-state index contributed by atoms with van der Waals surface area (Å²) < 4.78 is 0. The SMILES string of the molecule is O=C1C[C@@H](N2CCN(c3ccccc3)CC2)N(CCc2ccccc2)C1=O. The molecule has 0 unspecified atom stereocenters. The number of amides is 1. The highest BCUT2D eigenvalue weighted by Gasteiger charge is 2.41. The van der Waals surface area contributed by atoms with E-state index in [1.54, 1.807) is 4.90 Å². The van der Waals surface area contributed by atoms with Crippen LogP contribution in [0.1, 0.15) is 12.0 Å². The van der Waals surface area contributed by atoms with Gasteiger partial charge in [-0.2, -0.15) is 0 Å². The fraction of sp³-hybridized carbons (Fsp3) is 0.364. The first-order valence-electron chi connectivity index (χ1n) is 9.64. The summed E-state index contributed by atoms with van der Waals surface area (Å²) in [6.07, 6.45) is 1.01. The number of Topliss-reactive ketones (excluding diaryl/α,β-unsaturated/α-hetero) is 1. The Hall–Kier alpha value is -2.66. The smallest absolute Gasteiger partial charge is 0.291 e. The quantitative estimate of drug-likeness (QED) is 0.764. The van der Waals surface area contributed by atoms with Crippen LogP contribution in [-0.2, 0) is 16.0 Å². The first-order valence-corrected chi connectivity index (χ1v) is 9.64. The van der Waals surface area contributed by atoms with Crippen LogP contribution in [0.3, 0.4) is 0 Å². The fourth-order valence-electron chi connectivity index (χ4n) is 4.05. The molecule has 1 atom stereocenters. The summed E-state index contributed by atoms with van der Waals surface area (Å²) in [6, 6.07) is 20.5. The topological polar surface area (TPSA) is 43.9 Å². The van der Waals surface area contributed by atoms with E-state index in [1.165, 1.54) is 11.3 Å². The molecule has 2 aliphatic rings. The number of ketones is 1. The summed E-state index contributed by atoms with van der Waals surface area (Å²) in [6.45, 7) is 4.15. The molecule has 2 aliphatic heterocycles. The number of para-hydroxylation sites is 1. The summed E-state index contributed by atoms with van der Waals surface area (Å²) in [4.78, 5) is 31.0. The van der Waals surface area contributed by atoms with Crippen molar-refractivity contribution in [3.63, 3.8) is 0 Å². The normalized spacial score (nSPS) is 21.1. The maximum absolute atomic E-state index is 12.4. The van der Waals surface area contributed by atoms with E-state index in [0.29, 0.717) is 13.0 Å². The lowest BCUT2D eigenvalue weighted by Gasteiger charge is -2.41. The minimum Gasteiger partial charge on any atom is -0.369 e. The first-order chi connectivity index (χ1) is 13.2. The van der Waals surface area contributed by atoms with Gasteiger partial charge in [-0.25, -0.2) is 0 Å². The molecular formula is C22H25N3O2. The largest absolute Gasteiger partial charge is 0.369 e. The van der Waals surface area contributed by atoms with Crippen LogP contribution in [0.4, 0.5) is 5.69 Å². The number of anilines is 1. The summed E-state index contributed by atoms with van der Waals surface area (Å²) in [5.74, 6) is -0.569. The Morgan fingerprint density at radius 2 is 1.44 bits per heavy atom. The molecule has 0 spiro atoms. The second kappa shape index (κ2) is 7.92. The lowest BCUT2D eigenvalue weighted by atomic mass is 10.1. The van der Waals surface area contributed by atoms with Gasteiger partial charge in [0.15, 0.2) is 0 Å². The van der Waals surface area contributed by atoms with Crippen molar-refractivity contribution in [3.05, 3.63) is 66.2 Å². The Morgan fingerprint density at radius 3 is 2.11 bits per heavy atom. The zero-order chi connectivity index (χ0) is 18.6. The Kier molecular flexibility index (Phi) is 5.21. The molecule has 0 saturated carbocycles. The number of hydrogen-bond donors (Lipinski definition) is 0. The minimum atomic E-state index is -0.318.